The molecule has 0 amide bonds. The van der Waals surface area contributed by atoms with Crippen molar-refractivity contribution >= 4 is 27.5 Å². The molecule has 1 unspecified atom stereocenters. The van der Waals surface area contributed by atoms with Gasteiger partial charge in [-0.05, 0) is 57.4 Å². The lowest BCUT2D eigenvalue weighted by Crippen LogP contribution is -2.03. The summed E-state index contributed by atoms with van der Waals surface area (Å²) in [5, 5.41) is 10.7. The van der Waals surface area contributed by atoms with Crippen molar-refractivity contribution in [2.45, 2.75) is 12.5 Å². The Bertz CT molecular complexity index is 619. The third-order valence-corrected chi connectivity index (χ3v) is 3.97. The molecule has 0 spiro atoms. The SMILES string of the molecule is COc1ccc(C(O)Cc2cc(F)ccc2Cl)cc1Br. The summed E-state index contributed by atoms with van der Waals surface area (Å²) in [6.45, 7) is 0. The smallest absolute Gasteiger partial charge is 0.133 e. The van der Waals surface area contributed by atoms with E-state index in [1.807, 2.05) is 0 Å². The van der Waals surface area contributed by atoms with Crippen LogP contribution in [0.5, 0.6) is 5.75 Å². The number of rotatable bonds is 4. The highest BCUT2D eigenvalue weighted by molar-refractivity contribution is 9.10. The first-order valence-corrected chi connectivity index (χ1v) is 7.14. The first-order chi connectivity index (χ1) is 9.51. The molecule has 0 aliphatic heterocycles. The average Bonchev–Trinajstić information content (AvgIpc) is 2.42. The molecule has 2 rings (SSSR count). The maximum absolute atomic E-state index is 13.2. The molecule has 5 heteroatoms. The maximum atomic E-state index is 13.2. The van der Waals surface area contributed by atoms with E-state index in [-0.39, 0.29) is 12.2 Å². The third kappa shape index (κ3) is 3.51. The third-order valence-electron chi connectivity index (χ3n) is 2.98. The minimum Gasteiger partial charge on any atom is -0.496 e. The summed E-state index contributed by atoms with van der Waals surface area (Å²) in [6.07, 6.45) is -0.522. The van der Waals surface area contributed by atoms with Crippen LogP contribution in [-0.4, -0.2) is 12.2 Å². The zero-order valence-electron chi connectivity index (χ0n) is 10.7. The van der Waals surface area contributed by atoms with Gasteiger partial charge in [0.1, 0.15) is 11.6 Å². The minimum atomic E-state index is -0.767. The predicted molar refractivity (Wildman–Crippen MR) is 80.8 cm³/mol. The van der Waals surface area contributed by atoms with E-state index in [1.165, 1.54) is 18.2 Å². The Hall–Kier alpha value is -1.10. The lowest BCUT2D eigenvalue weighted by atomic mass is 10.0. The van der Waals surface area contributed by atoms with Crippen LogP contribution in [0.25, 0.3) is 0 Å². The molecule has 20 heavy (non-hydrogen) atoms. The second-order valence-corrected chi connectivity index (χ2v) is 5.61. The number of hydrogen-bond acceptors (Lipinski definition) is 2. The fourth-order valence-electron chi connectivity index (χ4n) is 1.92. The van der Waals surface area contributed by atoms with Gasteiger partial charge in [0.15, 0.2) is 0 Å². The van der Waals surface area contributed by atoms with Crippen molar-refractivity contribution in [3.8, 4) is 5.75 Å². The maximum Gasteiger partial charge on any atom is 0.133 e. The molecule has 2 aromatic rings. The van der Waals surface area contributed by atoms with Crippen LogP contribution >= 0.6 is 27.5 Å². The van der Waals surface area contributed by atoms with Gasteiger partial charge in [-0.15, -0.1) is 0 Å². The van der Waals surface area contributed by atoms with Gasteiger partial charge in [0.25, 0.3) is 0 Å². The van der Waals surface area contributed by atoms with E-state index in [9.17, 15) is 9.50 Å². The van der Waals surface area contributed by atoms with Gasteiger partial charge in [-0.3, -0.25) is 0 Å². The number of methoxy groups -OCH3 is 1. The fraction of sp³-hybridized carbons (Fsp3) is 0.200. The van der Waals surface area contributed by atoms with Gasteiger partial charge in [0.2, 0.25) is 0 Å². The quantitative estimate of drug-likeness (QED) is 0.869. The summed E-state index contributed by atoms with van der Waals surface area (Å²) < 4.78 is 19.1. The predicted octanol–water partition coefficient (Wildman–Crippen LogP) is 4.53. The summed E-state index contributed by atoms with van der Waals surface area (Å²) in [6, 6.07) is 9.42. The van der Waals surface area contributed by atoms with E-state index in [0.29, 0.717) is 21.9 Å². The van der Waals surface area contributed by atoms with E-state index < -0.39 is 6.10 Å². The number of hydrogen-bond donors (Lipinski definition) is 1. The largest absolute Gasteiger partial charge is 0.496 e. The Labute approximate surface area is 130 Å². The molecule has 0 radical (unpaired) electrons. The number of ether oxygens (including phenoxy) is 1. The van der Waals surface area contributed by atoms with Crippen molar-refractivity contribution in [1.82, 2.24) is 0 Å². The molecule has 0 bridgehead atoms. The molecule has 2 aromatic carbocycles. The number of aliphatic hydroxyl groups excluding tert-OH is 1. The van der Waals surface area contributed by atoms with Gasteiger partial charge in [-0.1, -0.05) is 17.7 Å². The molecule has 0 heterocycles. The van der Waals surface area contributed by atoms with E-state index in [4.69, 9.17) is 16.3 Å². The Morgan fingerprint density at radius 1 is 1.30 bits per heavy atom. The summed E-state index contributed by atoms with van der Waals surface area (Å²) in [4.78, 5) is 0. The van der Waals surface area contributed by atoms with Gasteiger partial charge in [-0.25, -0.2) is 4.39 Å². The first kappa shape index (κ1) is 15.3. The molecule has 0 fully saturated rings. The van der Waals surface area contributed by atoms with E-state index in [2.05, 4.69) is 15.9 Å². The van der Waals surface area contributed by atoms with Crippen molar-refractivity contribution in [3.63, 3.8) is 0 Å². The zero-order valence-corrected chi connectivity index (χ0v) is 13.1. The molecular formula is C15H13BrClFO2. The van der Waals surface area contributed by atoms with Crippen LogP contribution in [0.1, 0.15) is 17.2 Å². The molecule has 106 valence electrons. The van der Waals surface area contributed by atoms with Crippen molar-refractivity contribution < 1.29 is 14.2 Å². The normalized spacial score (nSPS) is 12.2. The first-order valence-electron chi connectivity index (χ1n) is 5.96. The van der Waals surface area contributed by atoms with E-state index >= 15 is 0 Å². The van der Waals surface area contributed by atoms with Crippen LogP contribution in [0.15, 0.2) is 40.9 Å². The second kappa shape index (κ2) is 6.57. The summed E-state index contributed by atoms with van der Waals surface area (Å²) >= 11 is 9.36. The van der Waals surface area contributed by atoms with Crippen molar-refractivity contribution in [2.75, 3.05) is 7.11 Å². The van der Waals surface area contributed by atoms with Gasteiger partial charge in [-0.2, -0.15) is 0 Å². The van der Waals surface area contributed by atoms with E-state index in [1.54, 1.807) is 25.3 Å². The van der Waals surface area contributed by atoms with Gasteiger partial charge < -0.3 is 9.84 Å². The van der Waals surface area contributed by atoms with Gasteiger partial charge in [0, 0.05) is 11.4 Å². The zero-order chi connectivity index (χ0) is 14.7. The summed E-state index contributed by atoms with van der Waals surface area (Å²) in [7, 11) is 1.57. The molecule has 1 atom stereocenters. The molecule has 0 saturated heterocycles. The monoisotopic (exact) mass is 358 g/mol. The van der Waals surface area contributed by atoms with E-state index in [0.717, 1.165) is 4.47 Å². The topological polar surface area (TPSA) is 29.5 Å². The molecule has 0 aliphatic carbocycles. The van der Waals surface area contributed by atoms with Crippen LogP contribution in [0.3, 0.4) is 0 Å². The van der Waals surface area contributed by atoms with Crippen molar-refractivity contribution in [2.24, 2.45) is 0 Å². The van der Waals surface area contributed by atoms with Gasteiger partial charge in [0.05, 0.1) is 17.7 Å². The van der Waals surface area contributed by atoms with Crippen LogP contribution in [0.4, 0.5) is 4.39 Å². The fourth-order valence-corrected chi connectivity index (χ4v) is 2.67. The highest BCUT2D eigenvalue weighted by atomic mass is 79.9. The van der Waals surface area contributed by atoms with Crippen LogP contribution < -0.4 is 4.74 Å². The molecule has 0 saturated carbocycles. The number of benzene rings is 2. The Kier molecular flexibility index (Phi) is 5.02. The lowest BCUT2D eigenvalue weighted by molar-refractivity contribution is 0.178. The molecule has 0 aromatic heterocycles. The van der Waals surface area contributed by atoms with Crippen molar-refractivity contribution in [3.05, 3.63) is 62.8 Å². The summed E-state index contributed by atoms with van der Waals surface area (Å²) in [5.74, 6) is 0.317. The number of halogens is 3. The number of aliphatic hydroxyl groups is 1. The Morgan fingerprint density at radius 3 is 2.70 bits per heavy atom. The molecular weight excluding hydrogens is 347 g/mol. The molecule has 2 nitrogen and oxygen atoms in total. The highest BCUT2D eigenvalue weighted by Gasteiger charge is 2.13. The van der Waals surface area contributed by atoms with Gasteiger partial charge >= 0.3 is 0 Å². The second-order valence-electron chi connectivity index (χ2n) is 4.35. The lowest BCUT2D eigenvalue weighted by Gasteiger charge is -2.14. The summed E-state index contributed by atoms with van der Waals surface area (Å²) in [5.41, 5.74) is 1.28. The van der Waals surface area contributed by atoms with Crippen LogP contribution in [-0.2, 0) is 6.42 Å². The van der Waals surface area contributed by atoms with Crippen molar-refractivity contribution in [1.29, 1.82) is 0 Å². The van der Waals surface area contributed by atoms with Crippen LogP contribution in [0.2, 0.25) is 5.02 Å². The average molecular weight is 360 g/mol. The Morgan fingerprint density at radius 2 is 2.05 bits per heavy atom. The molecule has 0 aliphatic rings. The molecule has 1 N–H and O–H groups in total. The minimum absolute atomic E-state index is 0.245. The van der Waals surface area contributed by atoms with Crippen LogP contribution in [0, 0.1) is 5.82 Å². The highest BCUT2D eigenvalue weighted by Crippen LogP contribution is 2.30. The Balaban J connectivity index is 2.21. The standard InChI is InChI=1S/C15H13BrClFO2/c1-20-15-5-2-9(7-12(15)16)14(19)8-10-6-11(18)3-4-13(10)17/h2-7,14,19H,8H2,1H3.